The number of benzene rings is 2. The molecular formula is C16H14N2O6W-4. The minimum atomic E-state index is 0. The van der Waals surface area contributed by atoms with Crippen LogP contribution in [0.3, 0.4) is 0 Å². The maximum atomic E-state index is 9.74. The molecule has 2 rings (SSSR count). The Morgan fingerprint density at radius 2 is 0.840 bits per heavy atom. The molecule has 0 aliphatic rings. The zero-order valence-corrected chi connectivity index (χ0v) is 15.6. The van der Waals surface area contributed by atoms with Crippen molar-refractivity contribution < 1.29 is 50.5 Å². The molecule has 0 aliphatic carbocycles. The number of carbonyl (C=O) groups excluding carboxylic acids is 2. The first kappa shape index (κ1) is 26.9. The summed E-state index contributed by atoms with van der Waals surface area (Å²) >= 11 is 0. The SMILES string of the molecule is O=[C-]Nc1ccccc1.O=[C-]Nc1ccccc1.O=[C-]O.O=[C-]O.[W]. The summed E-state index contributed by atoms with van der Waals surface area (Å²) in [6.07, 6.45) is 3.17. The van der Waals surface area contributed by atoms with Gasteiger partial charge in [0.1, 0.15) is 0 Å². The van der Waals surface area contributed by atoms with Crippen molar-refractivity contribution in [2.24, 2.45) is 0 Å². The normalized spacial score (nSPS) is 7.04. The fourth-order valence-electron chi connectivity index (χ4n) is 1.16. The van der Waals surface area contributed by atoms with Crippen LogP contribution < -0.4 is 10.6 Å². The Labute approximate surface area is 159 Å². The molecule has 0 atom stereocenters. The number of aliphatic hydroxyl groups excluding tert-OH is 2. The Morgan fingerprint density at radius 3 is 1.04 bits per heavy atom. The average Bonchev–Trinajstić information content (AvgIpc) is 2.59. The third-order valence-electron chi connectivity index (χ3n) is 1.94. The number of para-hydroxylation sites is 2. The van der Waals surface area contributed by atoms with E-state index in [1.165, 1.54) is 0 Å². The monoisotopic (exact) mass is 514 g/mol. The summed E-state index contributed by atoms with van der Waals surface area (Å²) in [6, 6.07) is 18.3. The van der Waals surface area contributed by atoms with Crippen LogP contribution >= 0.6 is 0 Å². The summed E-state index contributed by atoms with van der Waals surface area (Å²) in [5.74, 6) is 0. The van der Waals surface area contributed by atoms with E-state index in [0.717, 1.165) is 11.4 Å². The number of hydrogen-bond donors (Lipinski definition) is 4. The van der Waals surface area contributed by atoms with Crippen LogP contribution in [0.25, 0.3) is 0 Å². The number of anilines is 2. The molecular weight excluding hydrogens is 500 g/mol. The molecule has 0 bridgehead atoms. The molecule has 0 fully saturated rings. The van der Waals surface area contributed by atoms with Gasteiger partial charge in [-0.05, 0) is 0 Å². The molecule has 0 spiro atoms. The molecule has 0 saturated heterocycles. The van der Waals surface area contributed by atoms with E-state index in [1.807, 2.05) is 36.4 Å². The number of nitrogens with one attached hydrogen (secondary N) is 2. The van der Waals surface area contributed by atoms with Gasteiger partial charge in [-0.1, -0.05) is 49.3 Å². The van der Waals surface area contributed by atoms with Crippen LogP contribution in [0.2, 0.25) is 0 Å². The smallest absolute Gasteiger partial charge is 0.0692 e. The maximum absolute atomic E-state index is 9.74. The molecule has 0 aliphatic heterocycles. The molecule has 2 amide bonds. The van der Waals surface area contributed by atoms with Crippen molar-refractivity contribution in [2.45, 2.75) is 0 Å². The van der Waals surface area contributed by atoms with E-state index < -0.39 is 0 Å². The predicted octanol–water partition coefficient (Wildman–Crippen LogP) is 1.55. The van der Waals surface area contributed by atoms with Gasteiger partial charge in [0.05, 0.1) is 12.8 Å². The Hall–Kier alpha value is -2.99. The molecule has 9 heteroatoms. The van der Waals surface area contributed by atoms with Crippen molar-refractivity contribution >= 4 is 37.1 Å². The molecule has 0 aromatic heterocycles. The number of rotatable bonds is 4. The minimum absolute atomic E-state index is 0. The molecule has 4 N–H and O–H groups in total. The summed E-state index contributed by atoms with van der Waals surface area (Å²) < 4.78 is 0. The molecule has 0 saturated carbocycles. The van der Waals surface area contributed by atoms with Crippen molar-refractivity contribution in [2.75, 3.05) is 10.6 Å². The van der Waals surface area contributed by atoms with E-state index in [-0.39, 0.29) is 21.1 Å². The molecule has 8 nitrogen and oxygen atoms in total. The van der Waals surface area contributed by atoms with Crippen molar-refractivity contribution in [3.8, 4) is 0 Å². The Morgan fingerprint density at radius 1 is 0.600 bits per heavy atom. The van der Waals surface area contributed by atoms with E-state index in [1.54, 1.807) is 37.1 Å². The zero-order chi connectivity index (χ0) is 18.5. The first-order valence-electron chi connectivity index (χ1n) is 6.09. The second kappa shape index (κ2) is 23.3. The van der Waals surface area contributed by atoms with Gasteiger partial charge in [0.15, 0.2) is 0 Å². The van der Waals surface area contributed by atoms with Crippen LogP contribution in [0.1, 0.15) is 0 Å². The first-order chi connectivity index (χ1) is 11.7. The zero-order valence-electron chi connectivity index (χ0n) is 12.7. The van der Waals surface area contributed by atoms with Crippen LogP contribution in [-0.2, 0) is 40.2 Å². The maximum Gasteiger partial charge on any atom is 0.0692 e. The third kappa shape index (κ3) is 21.0. The Balaban J connectivity index is -0.000000287. The van der Waals surface area contributed by atoms with Crippen LogP contribution in [-0.4, -0.2) is 36.0 Å². The molecule has 25 heavy (non-hydrogen) atoms. The van der Waals surface area contributed by atoms with E-state index in [2.05, 4.69) is 10.6 Å². The van der Waals surface area contributed by atoms with Gasteiger partial charge in [0.2, 0.25) is 0 Å². The topological polar surface area (TPSA) is 133 Å². The van der Waals surface area contributed by atoms with Gasteiger partial charge >= 0.3 is 0 Å². The van der Waals surface area contributed by atoms with E-state index in [0.29, 0.717) is 12.9 Å². The summed E-state index contributed by atoms with van der Waals surface area (Å²) in [6.45, 7) is 1.00. The van der Waals surface area contributed by atoms with E-state index in [9.17, 15) is 9.59 Å². The molecule has 0 radical (unpaired) electrons. The first-order valence-corrected chi connectivity index (χ1v) is 6.09. The molecule has 0 heterocycles. The molecule has 2 aromatic rings. The second-order valence-electron chi connectivity index (χ2n) is 3.37. The van der Waals surface area contributed by atoms with E-state index in [4.69, 9.17) is 19.8 Å². The molecule has 2 aromatic carbocycles. The van der Waals surface area contributed by atoms with Crippen LogP contribution in [0, 0.1) is 0 Å². The minimum Gasteiger partial charge on any atom is -0.665 e. The molecule has 0 unspecified atom stereocenters. The Bertz CT molecular complexity index is 504. The molecule has 134 valence electrons. The average molecular weight is 514 g/mol. The summed E-state index contributed by atoms with van der Waals surface area (Å²) in [7, 11) is 0. The van der Waals surface area contributed by atoms with Crippen LogP contribution in [0.15, 0.2) is 60.7 Å². The predicted molar refractivity (Wildman–Crippen MR) is 88.2 cm³/mol. The van der Waals surface area contributed by atoms with Crippen molar-refractivity contribution in [1.82, 2.24) is 0 Å². The van der Waals surface area contributed by atoms with Crippen LogP contribution in [0.5, 0.6) is 0 Å². The third-order valence-corrected chi connectivity index (χ3v) is 1.94. The van der Waals surface area contributed by atoms with E-state index >= 15 is 0 Å². The number of amides is 2. The van der Waals surface area contributed by atoms with Gasteiger partial charge in [-0.15, -0.1) is 35.6 Å². The largest absolute Gasteiger partial charge is 0.665 e. The quantitative estimate of drug-likeness (QED) is 0.362. The van der Waals surface area contributed by atoms with Gasteiger partial charge in [0.25, 0.3) is 0 Å². The van der Waals surface area contributed by atoms with Gasteiger partial charge < -0.3 is 40.0 Å². The second-order valence-corrected chi connectivity index (χ2v) is 3.37. The Kier molecular flexibility index (Phi) is 25.0. The summed E-state index contributed by atoms with van der Waals surface area (Å²) in [4.78, 5) is 35.9. The van der Waals surface area contributed by atoms with Crippen LogP contribution in [0.4, 0.5) is 11.4 Å². The van der Waals surface area contributed by atoms with Crippen molar-refractivity contribution in [1.29, 1.82) is 0 Å². The standard InChI is InChI=1S/2C7H6NO.2CHO2.W/c2*9-6-8-7-4-2-1-3-5-7;2*2-1-3;/h2*1-5H,(H,8,9);2*(H,2,3);/q4*-1;. The summed E-state index contributed by atoms with van der Waals surface area (Å²) in [5, 5.41) is 18.3. The van der Waals surface area contributed by atoms with Gasteiger partial charge in [-0.3, -0.25) is 0 Å². The van der Waals surface area contributed by atoms with Gasteiger partial charge in [0, 0.05) is 21.1 Å². The van der Waals surface area contributed by atoms with Gasteiger partial charge in [-0.25, -0.2) is 0 Å². The number of hydrogen-bond acceptors (Lipinski definition) is 4. The fourth-order valence-corrected chi connectivity index (χ4v) is 1.16. The van der Waals surface area contributed by atoms with Crippen molar-refractivity contribution in [3.05, 3.63) is 60.7 Å². The van der Waals surface area contributed by atoms with Crippen molar-refractivity contribution in [3.63, 3.8) is 0 Å². The van der Waals surface area contributed by atoms with Gasteiger partial charge in [-0.2, -0.15) is 0 Å². The summed E-state index contributed by atoms with van der Waals surface area (Å²) in [5.41, 5.74) is 1.54. The fraction of sp³-hybridized carbons (Fsp3) is 0.